The van der Waals surface area contributed by atoms with E-state index in [-0.39, 0.29) is 6.17 Å². The number of hydrogen-bond acceptors (Lipinski definition) is 2. The Labute approximate surface area is 72.1 Å². The molecule has 0 aliphatic rings. The fraction of sp³-hybridized carbons (Fsp3) is 0.111. The maximum atomic E-state index is 7.21. The lowest BCUT2D eigenvalue weighted by molar-refractivity contribution is 0.803. The van der Waals surface area contributed by atoms with Crippen LogP contribution in [0.3, 0.4) is 0 Å². The average Bonchev–Trinajstić information content (AvgIpc) is 2.53. The molecule has 0 fully saturated rings. The summed E-state index contributed by atoms with van der Waals surface area (Å²) < 4.78 is 8.80. The van der Waals surface area contributed by atoms with Crippen molar-refractivity contribution in [2.45, 2.75) is 6.92 Å². The molecule has 2 rings (SSSR count). The monoisotopic (exact) mass is 160 g/mol. The summed E-state index contributed by atoms with van der Waals surface area (Å²) >= 11 is 0. The Hall–Kier alpha value is -1.64. The van der Waals surface area contributed by atoms with Crippen molar-refractivity contribution in [3.8, 4) is 5.69 Å². The Morgan fingerprint density at radius 2 is 2.08 bits per heavy atom. The minimum atomic E-state index is 0.181. The molecule has 0 radical (unpaired) electrons. The highest BCUT2D eigenvalue weighted by atomic mass is 15.4. The molecular formula is C9H9N3. The SMILES string of the molecule is [2H]c1cn(-c2ccc(C)cc2)nn1. The van der Waals surface area contributed by atoms with Crippen LogP contribution in [0.5, 0.6) is 0 Å². The van der Waals surface area contributed by atoms with Gasteiger partial charge in [-0.25, -0.2) is 4.68 Å². The van der Waals surface area contributed by atoms with Crippen molar-refractivity contribution in [1.82, 2.24) is 15.0 Å². The van der Waals surface area contributed by atoms with Crippen LogP contribution in [0.15, 0.2) is 36.6 Å². The molecule has 0 bridgehead atoms. The van der Waals surface area contributed by atoms with Gasteiger partial charge in [-0.2, -0.15) is 0 Å². The Bertz CT molecular complexity index is 405. The average molecular weight is 160 g/mol. The van der Waals surface area contributed by atoms with Gasteiger partial charge in [0.25, 0.3) is 0 Å². The van der Waals surface area contributed by atoms with Crippen LogP contribution >= 0.6 is 0 Å². The first-order valence-corrected chi connectivity index (χ1v) is 3.72. The molecule has 3 heteroatoms. The van der Waals surface area contributed by atoms with Crippen molar-refractivity contribution in [2.75, 3.05) is 0 Å². The standard InChI is InChI=1S/C9H9N3/c1-8-2-4-9(5-3-8)12-7-6-10-11-12/h2-7H,1H3/i6D. The summed E-state index contributed by atoms with van der Waals surface area (Å²) in [5.74, 6) is 0. The summed E-state index contributed by atoms with van der Waals surface area (Å²) in [6, 6.07) is 7.90. The van der Waals surface area contributed by atoms with E-state index in [0.29, 0.717) is 0 Å². The molecule has 0 unspecified atom stereocenters. The van der Waals surface area contributed by atoms with Crippen molar-refractivity contribution >= 4 is 0 Å². The van der Waals surface area contributed by atoms with Gasteiger partial charge in [0.05, 0.1) is 19.4 Å². The summed E-state index contributed by atoms with van der Waals surface area (Å²) in [5, 5.41) is 7.39. The molecule has 0 saturated carbocycles. The second-order valence-corrected chi connectivity index (χ2v) is 2.63. The van der Waals surface area contributed by atoms with Gasteiger partial charge in [-0.05, 0) is 19.1 Å². The van der Waals surface area contributed by atoms with Gasteiger partial charge >= 0.3 is 0 Å². The van der Waals surface area contributed by atoms with Crippen LogP contribution in [0.1, 0.15) is 6.93 Å². The molecule has 0 saturated heterocycles. The highest BCUT2D eigenvalue weighted by molar-refractivity contribution is 5.32. The van der Waals surface area contributed by atoms with Gasteiger partial charge in [-0.1, -0.05) is 22.9 Å². The molecular weight excluding hydrogens is 150 g/mol. The molecule has 12 heavy (non-hydrogen) atoms. The molecule has 1 aromatic carbocycles. The van der Waals surface area contributed by atoms with Gasteiger partial charge in [-0.3, -0.25) is 0 Å². The number of aromatic nitrogens is 3. The summed E-state index contributed by atoms with van der Waals surface area (Å²) in [4.78, 5) is 0. The maximum absolute atomic E-state index is 7.21. The predicted molar refractivity (Wildman–Crippen MR) is 46.1 cm³/mol. The summed E-state index contributed by atoms with van der Waals surface area (Å²) in [5.41, 5.74) is 2.13. The third-order valence-electron chi connectivity index (χ3n) is 1.68. The van der Waals surface area contributed by atoms with Crippen LogP contribution in [0.25, 0.3) is 5.69 Å². The van der Waals surface area contributed by atoms with E-state index in [1.54, 1.807) is 10.9 Å². The molecule has 0 spiro atoms. The smallest absolute Gasteiger partial charge is 0.0877 e. The van der Waals surface area contributed by atoms with Crippen molar-refractivity contribution in [2.24, 2.45) is 0 Å². The predicted octanol–water partition coefficient (Wildman–Crippen LogP) is 1.58. The molecule has 2 aromatic rings. The van der Waals surface area contributed by atoms with Gasteiger partial charge < -0.3 is 0 Å². The lowest BCUT2D eigenvalue weighted by Gasteiger charge is -1.98. The quantitative estimate of drug-likeness (QED) is 0.634. The van der Waals surface area contributed by atoms with E-state index in [2.05, 4.69) is 10.3 Å². The van der Waals surface area contributed by atoms with E-state index in [1.807, 2.05) is 31.2 Å². The zero-order chi connectivity index (χ0) is 9.26. The van der Waals surface area contributed by atoms with Gasteiger partial charge in [0.2, 0.25) is 0 Å². The Balaban J connectivity index is 2.41. The maximum Gasteiger partial charge on any atom is 0.0877 e. The summed E-state index contributed by atoms with van der Waals surface area (Å²) in [6.07, 6.45) is 1.76. The first kappa shape index (κ1) is 5.94. The fourth-order valence-corrected chi connectivity index (χ4v) is 1.00. The Morgan fingerprint density at radius 3 is 2.67 bits per heavy atom. The van der Waals surface area contributed by atoms with Crippen LogP contribution in [-0.4, -0.2) is 15.0 Å². The molecule has 60 valence electrons. The number of aryl methyl sites for hydroxylation is 1. The second kappa shape index (κ2) is 2.77. The van der Waals surface area contributed by atoms with E-state index < -0.39 is 0 Å². The third kappa shape index (κ3) is 1.21. The lowest BCUT2D eigenvalue weighted by atomic mass is 10.2. The van der Waals surface area contributed by atoms with Gasteiger partial charge in [0.1, 0.15) is 0 Å². The van der Waals surface area contributed by atoms with Crippen molar-refractivity contribution in [3.05, 3.63) is 42.2 Å². The minimum absolute atomic E-state index is 0.181. The van der Waals surface area contributed by atoms with E-state index in [9.17, 15) is 0 Å². The number of nitrogens with zero attached hydrogens (tertiary/aromatic N) is 3. The van der Waals surface area contributed by atoms with Crippen molar-refractivity contribution in [3.63, 3.8) is 0 Å². The third-order valence-corrected chi connectivity index (χ3v) is 1.68. The van der Waals surface area contributed by atoms with Gasteiger partial charge in [0, 0.05) is 0 Å². The molecule has 0 amide bonds. The van der Waals surface area contributed by atoms with Crippen molar-refractivity contribution in [1.29, 1.82) is 0 Å². The summed E-state index contributed by atoms with van der Waals surface area (Å²) in [6.45, 7) is 2.03. The minimum Gasteiger partial charge on any atom is -0.221 e. The van der Waals surface area contributed by atoms with E-state index >= 15 is 0 Å². The molecule has 0 aliphatic heterocycles. The van der Waals surface area contributed by atoms with Gasteiger partial charge in [-0.15, -0.1) is 5.10 Å². The fourth-order valence-electron chi connectivity index (χ4n) is 1.00. The molecule has 0 N–H and O–H groups in total. The molecule has 0 atom stereocenters. The van der Waals surface area contributed by atoms with E-state index in [4.69, 9.17) is 1.37 Å². The van der Waals surface area contributed by atoms with Crippen LogP contribution in [0, 0.1) is 6.92 Å². The Kier molecular flexibility index (Phi) is 1.37. The summed E-state index contributed by atoms with van der Waals surface area (Å²) in [7, 11) is 0. The first-order valence-electron chi connectivity index (χ1n) is 4.22. The van der Waals surface area contributed by atoms with E-state index in [1.165, 1.54) is 5.56 Å². The molecule has 1 aromatic heterocycles. The normalized spacial score (nSPS) is 11.2. The zero-order valence-corrected chi connectivity index (χ0v) is 6.73. The van der Waals surface area contributed by atoms with E-state index in [0.717, 1.165) is 5.69 Å². The first-order chi connectivity index (χ1) is 6.25. The molecule has 3 nitrogen and oxygen atoms in total. The van der Waals surface area contributed by atoms with Crippen LogP contribution in [-0.2, 0) is 0 Å². The molecule has 1 heterocycles. The van der Waals surface area contributed by atoms with Crippen LogP contribution in [0.4, 0.5) is 0 Å². The highest BCUT2D eigenvalue weighted by Crippen LogP contribution is 2.06. The van der Waals surface area contributed by atoms with Crippen LogP contribution in [0.2, 0.25) is 0 Å². The van der Waals surface area contributed by atoms with Crippen LogP contribution < -0.4 is 0 Å². The number of rotatable bonds is 1. The lowest BCUT2D eigenvalue weighted by Crippen LogP contribution is -1.94. The topological polar surface area (TPSA) is 30.7 Å². The zero-order valence-electron chi connectivity index (χ0n) is 7.73. The highest BCUT2D eigenvalue weighted by Gasteiger charge is 1.93. The number of benzene rings is 1. The van der Waals surface area contributed by atoms with Gasteiger partial charge in [0.15, 0.2) is 0 Å². The molecule has 0 aliphatic carbocycles. The number of hydrogen-bond donors (Lipinski definition) is 0. The Morgan fingerprint density at radius 1 is 1.33 bits per heavy atom. The van der Waals surface area contributed by atoms with Crippen molar-refractivity contribution < 1.29 is 1.37 Å². The second-order valence-electron chi connectivity index (χ2n) is 2.63. The largest absolute Gasteiger partial charge is 0.221 e.